The van der Waals surface area contributed by atoms with Crippen molar-refractivity contribution in [2.75, 3.05) is 20.6 Å². The summed E-state index contributed by atoms with van der Waals surface area (Å²) in [4.78, 5) is 17.2. The van der Waals surface area contributed by atoms with Gasteiger partial charge in [0, 0.05) is 24.7 Å². The van der Waals surface area contributed by atoms with Gasteiger partial charge in [0.05, 0.1) is 17.1 Å². The number of likely N-dealkylation sites (N-methyl/N-ethyl adjacent to an activating group) is 2. The van der Waals surface area contributed by atoms with Crippen LogP contribution in [0.15, 0.2) is 42.5 Å². The van der Waals surface area contributed by atoms with E-state index in [1.165, 1.54) is 30.4 Å². The van der Waals surface area contributed by atoms with Gasteiger partial charge in [-0.1, -0.05) is 25.1 Å². The van der Waals surface area contributed by atoms with Crippen molar-refractivity contribution in [1.82, 2.24) is 9.80 Å². The molecule has 2 aliphatic carbocycles. The minimum atomic E-state index is -4.81. The maximum Gasteiger partial charge on any atom is 0.573 e. The first-order valence-electron chi connectivity index (χ1n) is 13.1. The molecule has 10 heteroatoms. The Morgan fingerprint density at radius 1 is 1.28 bits per heavy atom. The number of halogens is 3. The lowest BCUT2D eigenvalue weighted by molar-refractivity contribution is -0.274. The van der Waals surface area contributed by atoms with Gasteiger partial charge in [0.2, 0.25) is 5.91 Å². The van der Waals surface area contributed by atoms with Crippen LogP contribution in [0.25, 0.3) is 6.08 Å². The molecule has 1 spiro atoms. The SMILES string of the molecule is C[C@H]1C[C@@]2(O)[C@H]3Cc4ccc(O)c5c4[C@@]2(CCN3C)[C@@H](O5)[C@@H]1N(C)C(=O)C=Cc1cccc(OC(F)(F)F)c1. The van der Waals surface area contributed by atoms with Crippen molar-refractivity contribution in [1.29, 1.82) is 0 Å². The van der Waals surface area contributed by atoms with E-state index >= 15 is 0 Å². The largest absolute Gasteiger partial charge is 0.573 e. The van der Waals surface area contributed by atoms with Crippen molar-refractivity contribution in [3.63, 3.8) is 0 Å². The number of benzene rings is 2. The van der Waals surface area contributed by atoms with Crippen LogP contribution in [0.3, 0.4) is 0 Å². The Bertz CT molecular complexity index is 1360. The number of nitrogens with zero attached hydrogens (tertiary/aromatic N) is 2. The van der Waals surface area contributed by atoms with Gasteiger partial charge in [-0.2, -0.15) is 0 Å². The summed E-state index contributed by atoms with van der Waals surface area (Å²) in [6.45, 7) is 2.74. The molecule has 2 N–H and O–H groups in total. The summed E-state index contributed by atoms with van der Waals surface area (Å²) in [6, 6.07) is 8.42. The number of aromatic hydroxyl groups is 1. The predicted octanol–water partition coefficient (Wildman–Crippen LogP) is 3.86. The van der Waals surface area contributed by atoms with Crippen molar-refractivity contribution in [3.8, 4) is 17.2 Å². The number of likely N-dealkylation sites (tertiary alicyclic amines) is 1. The first kappa shape index (κ1) is 26.0. The molecule has 7 nitrogen and oxygen atoms in total. The summed E-state index contributed by atoms with van der Waals surface area (Å²) in [5, 5.41) is 23.2. The standard InChI is InChI=1S/C29H31F3N2O5/c1-16-15-28(37)21-14-18-8-9-20(35)25-23(18)27(28,11-12-33(21)2)26(38-25)24(16)34(3)22(36)10-7-17-5-4-6-19(13-17)39-29(30,31)32/h4-10,13,16,21,24,26,35,37H,11-12,14-15H2,1-3H3/t16-,21+,24+,26-,27-,28+/m0/s1. The predicted molar refractivity (Wildman–Crippen MR) is 136 cm³/mol. The fourth-order valence-corrected chi connectivity index (χ4v) is 7.83. The molecular weight excluding hydrogens is 513 g/mol. The van der Waals surface area contributed by atoms with E-state index in [1.807, 2.05) is 20.0 Å². The summed E-state index contributed by atoms with van der Waals surface area (Å²) in [5.41, 5.74) is 0.437. The number of carbonyl (C=O) groups is 1. The number of carbonyl (C=O) groups excluding carboxylic acids is 1. The van der Waals surface area contributed by atoms with Crippen molar-refractivity contribution < 1.29 is 37.7 Å². The molecule has 1 amide bonds. The summed E-state index contributed by atoms with van der Waals surface area (Å²) in [6.07, 6.45) is -0.881. The first-order chi connectivity index (χ1) is 18.4. The Morgan fingerprint density at radius 3 is 2.79 bits per heavy atom. The van der Waals surface area contributed by atoms with Gasteiger partial charge in [-0.25, -0.2) is 0 Å². The highest BCUT2D eigenvalue weighted by atomic mass is 19.4. The van der Waals surface area contributed by atoms with Gasteiger partial charge in [-0.05, 0) is 74.2 Å². The number of ether oxygens (including phenoxy) is 2. The molecule has 2 fully saturated rings. The minimum Gasteiger partial charge on any atom is -0.504 e. The Hall–Kier alpha value is -3.24. The van der Waals surface area contributed by atoms with Crippen molar-refractivity contribution in [2.24, 2.45) is 5.92 Å². The molecule has 4 aliphatic rings. The molecule has 39 heavy (non-hydrogen) atoms. The van der Waals surface area contributed by atoms with E-state index in [2.05, 4.69) is 9.64 Å². The van der Waals surface area contributed by atoms with Gasteiger partial charge in [-0.3, -0.25) is 4.79 Å². The fraction of sp³-hybridized carbons (Fsp3) is 0.483. The Labute approximate surface area is 224 Å². The molecule has 0 unspecified atom stereocenters. The van der Waals surface area contributed by atoms with Crippen molar-refractivity contribution in [3.05, 3.63) is 59.2 Å². The highest BCUT2D eigenvalue weighted by molar-refractivity contribution is 5.92. The second-order valence-corrected chi connectivity index (χ2v) is 11.4. The maximum absolute atomic E-state index is 13.4. The topological polar surface area (TPSA) is 82.5 Å². The Morgan fingerprint density at radius 2 is 2.05 bits per heavy atom. The van der Waals surface area contributed by atoms with E-state index in [4.69, 9.17) is 4.74 Å². The van der Waals surface area contributed by atoms with E-state index in [9.17, 15) is 28.2 Å². The molecule has 0 aromatic heterocycles. The number of alkyl halides is 3. The highest BCUT2D eigenvalue weighted by Gasteiger charge is 2.74. The zero-order valence-corrected chi connectivity index (χ0v) is 21.9. The van der Waals surface area contributed by atoms with Crippen LogP contribution >= 0.6 is 0 Å². The summed E-state index contributed by atoms with van der Waals surface area (Å²) in [7, 11) is 3.71. The summed E-state index contributed by atoms with van der Waals surface area (Å²) in [5.74, 6) is -0.424. The molecule has 0 radical (unpaired) electrons. The molecule has 6 atom stereocenters. The van der Waals surface area contributed by atoms with Crippen LogP contribution in [0, 0.1) is 5.92 Å². The number of piperidine rings is 1. The lowest BCUT2D eigenvalue weighted by Gasteiger charge is -2.65. The first-order valence-corrected chi connectivity index (χ1v) is 13.1. The van der Waals surface area contributed by atoms with Crippen LogP contribution in [-0.2, 0) is 16.6 Å². The molecule has 2 heterocycles. The molecular formula is C29H31F3N2O5. The second-order valence-electron chi connectivity index (χ2n) is 11.4. The van der Waals surface area contributed by atoms with Crippen molar-refractivity contribution in [2.45, 2.75) is 61.8 Å². The normalized spacial score (nSPS) is 33.0. The van der Waals surface area contributed by atoms with E-state index in [0.29, 0.717) is 30.6 Å². The summed E-state index contributed by atoms with van der Waals surface area (Å²) >= 11 is 0. The maximum atomic E-state index is 13.4. The molecule has 1 saturated heterocycles. The van der Waals surface area contributed by atoms with Crippen LogP contribution in [0.4, 0.5) is 13.2 Å². The number of hydrogen-bond acceptors (Lipinski definition) is 6. The average molecular weight is 545 g/mol. The van der Waals surface area contributed by atoms with Crippen molar-refractivity contribution >= 4 is 12.0 Å². The quantitative estimate of drug-likeness (QED) is 0.569. The van der Waals surface area contributed by atoms with E-state index in [0.717, 1.165) is 17.7 Å². The second kappa shape index (κ2) is 8.63. The zero-order valence-electron chi connectivity index (χ0n) is 21.9. The average Bonchev–Trinajstić information content (AvgIpc) is 3.20. The number of phenolic OH excluding ortho intramolecular Hbond substituents is 1. The highest BCUT2D eigenvalue weighted by Crippen LogP contribution is 2.66. The lowest BCUT2D eigenvalue weighted by atomic mass is 9.47. The molecule has 1 saturated carbocycles. The Kier molecular flexibility index (Phi) is 5.75. The van der Waals surface area contributed by atoms with Gasteiger partial charge in [-0.15, -0.1) is 13.2 Å². The molecule has 2 aliphatic heterocycles. The molecule has 2 bridgehead atoms. The third-order valence-electron chi connectivity index (χ3n) is 9.36. The fourth-order valence-electron chi connectivity index (χ4n) is 7.83. The summed E-state index contributed by atoms with van der Waals surface area (Å²) < 4.78 is 48.3. The van der Waals surface area contributed by atoms with Gasteiger partial charge in [0.15, 0.2) is 11.5 Å². The third-order valence-corrected chi connectivity index (χ3v) is 9.36. The van der Waals surface area contributed by atoms with E-state index < -0.39 is 29.5 Å². The third kappa shape index (κ3) is 3.75. The van der Waals surface area contributed by atoms with Crippen LogP contribution in [0.5, 0.6) is 17.2 Å². The molecule has 2 aromatic carbocycles. The number of amides is 1. The van der Waals surface area contributed by atoms with Gasteiger partial charge >= 0.3 is 6.36 Å². The van der Waals surface area contributed by atoms with Crippen LogP contribution < -0.4 is 9.47 Å². The molecule has 2 aromatic rings. The van der Waals surface area contributed by atoms with E-state index in [-0.39, 0.29) is 29.4 Å². The number of hydrogen-bond donors (Lipinski definition) is 2. The van der Waals surface area contributed by atoms with Gasteiger partial charge < -0.3 is 29.5 Å². The Balaban J connectivity index is 1.33. The number of phenols is 1. The molecule has 6 rings (SSSR count). The monoisotopic (exact) mass is 544 g/mol. The molecule has 208 valence electrons. The van der Waals surface area contributed by atoms with Crippen LogP contribution in [0.1, 0.15) is 36.5 Å². The minimum absolute atomic E-state index is 0.0264. The van der Waals surface area contributed by atoms with E-state index in [1.54, 1.807) is 24.1 Å². The van der Waals surface area contributed by atoms with Gasteiger partial charge in [0.1, 0.15) is 11.9 Å². The zero-order chi connectivity index (χ0) is 27.9. The smallest absolute Gasteiger partial charge is 0.504 e. The lowest BCUT2D eigenvalue weighted by Crippen LogP contribution is -2.79. The van der Waals surface area contributed by atoms with Crippen LogP contribution in [-0.4, -0.2) is 76.7 Å². The van der Waals surface area contributed by atoms with Crippen LogP contribution in [0.2, 0.25) is 0 Å². The number of aliphatic hydroxyl groups is 1. The van der Waals surface area contributed by atoms with Gasteiger partial charge in [0.25, 0.3) is 0 Å². The number of rotatable bonds is 4.